The number of halogens is 2. The fourth-order valence-corrected chi connectivity index (χ4v) is 4.18. The molecule has 1 aromatic rings. The van der Waals surface area contributed by atoms with Crippen molar-refractivity contribution in [3.05, 3.63) is 28.8 Å². The Labute approximate surface area is 131 Å². The third-order valence-electron chi connectivity index (χ3n) is 3.51. The molecule has 2 atom stereocenters. The van der Waals surface area contributed by atoms with Crippen LogP contribution in [0.2, 0.25) is 5.02 Å². The van der Waals surface area contributed by atoms with E-state index in [4.69, 9.17) is 11.6 Å². The highest BCUT2D eigenvalue weighted by Gasteiger charge is 2.27. The van der Waals surface area contributed by atoms with E-state index in [1.54, 1.807) is 18.2 Å². The summed E-state index contributed by atoms with van der Waals surface area (Å²) in [7, 11) is -3.56. The van der Waals surface area contributed by atoms with Gasteiger partial charge in [0.25, 0.3) is 0 Å². The Kier molecular flexibility index (Phi) is 6.28. The average Bonchev–Trinajstić information content (AvgIpc) is 2.31. The standard InChI is InChI=1S/C13H19ClN2O2S.ClH/c1-9-3-4-13(11(14)7-9)19(17,18)16-12-8-15-6-5-10(12)2;/h3-4,7,10,12,15-16H,5-6,8H2,1-2H3;1H. The number of hydrogen-bond acceptors (Lipinski definition) is 3. The lowest BCUT2D eigenvalue weighted by atomic mass is 9.96. The van der Waals surface area contributed by atoms with Crippen molar-refractivity contribution >= 4 is 34.0 Å². The third-order valence-corrected chi connectivity index (χ3v) is 5.48. The molecule has 1 fully saturated rings. The largest absolute Gasteiger partial charge is 0.315 e. The normalized spacial score (nSPS) is 23.1. The number of rotatable bonds is 3. The van der Waals surface area contributed by atoms with Gasteiger partial charge in [0.05, 0.1) is 5.02 Å². The topological polar surface area (TPSA) is 58.2 Å². The Morgan fingerprint density at radius 2 is 2.10 bits per heavy atom. The second-order valence-electron chi connectivity index (χ2n) is 5.13. The third kappa shape index (κ3) is 4.09. The zero-order valence-corrected chi connectivity index (χ0v) is 13.9. The van der Waals surface area contributed by atoms with Crippen LogP contribution in [0.3, 0.4) is 0 Å². The van der Waals surface area contributed by atoms with Crippen LogP contribution in [0.15, 0.2) is 23.1 Å². The molecule has 20 heavy (non-hydrogen) atoms. The van der Waals surface area contributed by atoms with Gasteiger partial charge in [-0.2, -0.15) is 0 Å². The molecule has 1 aromatic carbocycles. The SMILES string of the molecule is Cc1ccc(S(=O)(=O)NC2CNCCC2C)c(Cl)c1.Cl. The predicted octanol–water partition coefficient (Wildman–Crippen LogP) is 2.35. The molecule has 1 saturated heterocycles. The quantitative estimate of drug-likeness (QED) is 0.889. The van der Waals surface area contributed by atoms with Crippen LogP contribution in [0.4, 0.5) is 0 Å². The fourth-order valence-electron chi connectivity index (χ4n) is 2.23. The molecule has 0 bridgehead atoms. The van der Waals surface area contributed by atoms with Crippen molar-refractivity contribution in [2.45, 2.75) is 31.2 Å². The van der Waals surface area contributed by atoms with Crippen molar-refractivity contribution in [1.82, 2.24) is 10.0 Å². The lowest BCUT2D eigenvalue weighted by Gasteiger charge is -2.30. The monoisotopic (exact) mass is 338 g/mol. The van der Waals surface area contributed by atoms with E-state index in [2.05, 4.69) is 17.0 Å². The second-order valence-corrected chi connectivity index (χ2v) is 7.22. The summed E-state index contributed by atoms with van der Waals surface area (Å²) < 4.78 is 27.5. The van der Waals surface area contributed by atoms with Gasteiger partial charge in [-0.25, -0.2) is 13.1 Å². The first-order valence-corrected chi connectivity index (χ1v) is 8.25. The van der Waals surface area contributed by atoms with Crippen LogP contribution >= 0.6 is 24.0 Å². The van der Waals surface area contributed by atoms with E-state index in [1.807, 2.05) is 6.92 Å². The van der Waals surface area contributed by atoms with Crippen LogP contribution in [-0.4, -0.2) is 27.5 Å². The molecule has 7 heteroatoms. The molecule has 114 valence electrons. The first-order valence-electron chi connectivity index (χ1n) is 6.39. The van der Waals surface area contributed by atoms with Crippen molar-refractivity contribution in [3.63, 3.8) is 0 Å². The smallest absolute Gasteiger partial charge is 0.242 e. The zero-order valence-electron chi connectivity index (χ0n) is 11.5. The van der Waals surface area contributed by atoms with Crippen molar-refractivity contribution in [2.75, 3.05) is 13.1 Å². The van der Waals surface area contributed by atoms with Gasteiger partial charge < -0.3 is 5.32 Å². The number of aryl methyl sites for hydroxylation is 1. The molecule has 0 radical (unpaired) electrons. The van der Waals surface area contributed by atoms with E-state index >= 15 is 0 Å². The number of piperidine rings is 1. The summed E-state index contributed by atoms with van der Waals surface area (Å²) in [6.45, 7) is 5.53. The van der Waals surface area contributed by atoms with Crippen LogP contribution in [0.25, 0.3) is 0 Å². The van der Waals surface area contributed by atoms with Gasteiger partial charge in [0.15, 0.2) is 0 Å². The number of nitrogens with one attached hydrogen (secondary N) is 2. The van der Waals surface area contributed by atoms with Crippen LogP contribution in [-0.2, 0) is 10.0 Å². The Bertz CT molecular complexity index is 563. The molecule has 0 amide bonds. The Hall–Kier alpha value is -0.330. The summed E-state index contributed by atoms with van der Waals surface area (Å²) in [5, 5.41) is 3.47. The van der Waals surface area contributed by atoms with Crippen LogP contribution in [0.5, 0.6) is 0 Å². The molecular weight excluding hydrogens is 319 g/mol. The molecule has 0 aliphatic carbocycles. The highest BCUT2D eigenvalue weighted by molar-refractivity contribution is 7.89. The number of benzene rings is 1. The molecule has 1 aliphatic rings. The Morgan fingerprint density at radius 1 is 1.40 bits per heavy atom. The molecule has 0 spiro atoms. The first kappa shape index (κ1) is 17.7. The van der Waals surface area contributed by atoms with Crippen molar-refractivity contribution < 1.29 is 8.42 Å². The summed E-state index contributed by atoms with van der Waals surface area (Å²) in [6, 6.07) is 4.89. The minimum atomic E-state index is -3.56. The maximum atomic E-state index is 12.4. The molecule has 0 saturated carbocycles. The van der Waals surface area contributed by atoms with Crippen LogP contribution in [0.1, 0.15) is 18.9 Å². The van der Waals surface area contributed by atoms with E-state index in [0.717, 1.165) is 18.5 Å². The minimum Gasteiger partial charge on any atom is -0.315 e. The molecule has 2 rings (SSSR count). The van der Waals surface area contributed by atoms with Gasteiger partial charge in [-0.3, -0.25) is 0 Å². The Morgan fingerprint density at radius 3 is 2.70 bits per heavy atom. The van der Waals surface area contributed by atoms with Crippen molar-refractivity contribution in [2.24, 2.45) is 5.92 Å². The second kappa shape index (κ2) is 7.09. The number of sulfonamides is 1. The van der Waals surface area contributed by atoms with Gasteiger partial charge in [-0.05, 0) is 43.5 Å². The summed E-state index contributed by atoms with van der Waals surface area (Å²) in [5.41, 5.74) is 0.941. The van der Waals surface area contributed by atoms with Gasteiger partial charge in [0.2, 0.25) is 10.0 Å². The summed E-state index contributed by atoms with van der Waals surface area (Å²) in [6.07, 6.45) is 0.967. The van der Waals surface area contributed by atoms with E-state index in [9.17, 15) is 8.42 Å². The predicted molar refractivity (Wildman–Crippen MR) is 84.2 cm³/mol. The molecule has 4 nitrogen and oxygen atoms in total. The van der Waals surface area contributed by atoms with Gasteiger partial charge in [0.1, 0.15) is 4.90 Å². The zero-order chi connectivity index (χ0) is 14.0. The molecule has 1 heterocycles. The van der Waals surface area contributed by atoms with E-state index < -0.39 is 10.0 Å². The summed E-state index contributed by atoms with van der Waals surface area (Å²) >= 11 is 6.03. The van der Waals surface area contributed by atoms with Crippen molar-refractivity contribution in [1.29, 1.82) is 0 Å². The maximum absolute atomic E-state index is 12.4. The average molecular weight is 339 g/mol. The lowest BCUT2D eigenvalue weighted by molar-refractivity contribution is 0.327. The van der Waals surface area contributed by atoms with Gasteiger partial charge in [-0.1, -0.05) is 24.6 Å². The maximum Gasteiger partial charge on any atom is 0.242 e. The van der Waals surface area contributed by atoms with E-state index in [1.165, 1.54) is 0 Å². The molecular formula is C13H20Cl2N2O2S. The number of hydrogen-bond donors (Lipinski definition) is 2. The lowest BCUT2D eigenvalue weighted by Crippen LogP contribution is -2.50. The van der Waals surface area contributed by atoms with Gasteiger partial charge >= 0.3 is 0 Å². The van der Waals surface area contributed by atoms with Gasteiger partial charge in [0, 0.05) is 12.6 Å². The fraction of sp³-hybridized carbons (Fsp3) is 0.538. The summed E-state index contributed by atoms with van der Waals surface area (Å²) in [5.74, 6) is 0.320. The highest BCUT2D eigenvalue weighted by Crippen LogP contribution is 2.23. The van der Waals surface area contributed by atoms with E-state index in [0.29, 0.717) is 12.5 Å². The molecule has 1 aliphatic heterocycles. The summed E-state index contributed by atoms with van der Waals surface area (Å²) in [4.78, 5) is 0.151. The van der Waals surface area contributed by atoms with Gasteiger partial charge in [-0.15, -0.1) is 12.4 Å². The highest BCUT2D eigenvalue weighted by atomic mass is 35.5. The first-order chi connectivity index (χ1) is 8.90. The molecule has 2 N–H and O–H groups in total. The van der Waals surface area contributed by atoms with Crippen LogP contribution in [0, 0.1) is 12.8 Å². The minimum absolute atomic E-state index is 0. The Balaban J connectivity index is 0.00000200. The molecule has 0 aromatic heterocycles. The van der Waals surface area contributed by atoms with Crippen LogP contribution < -0.4 is 10.0 Å². The van der Waals surface area contributed by atoms with Crippen molar-refractivity contribution in [3.8, 4) is 0 Å². The van der Waals surface area contributed by atoms with E-state index in [-0.39, 0.29) is 28.4 Å². The molecule has 2 unspecified atom stereocenters.